The van der Waals surface area contributed by atoms with E-state index in [-0.39, 0.29) is 24.0 Å². The Kier molecular flexibility index (Phi) is 9.90. The monoisotopic (exact) mass is 451 g/mol. The molecule has 1 fully saturated rings. The first-order valence-electron chi connectivity index (χ1n) is 8.05. The number of hydrogen-bond acceptors (Lipinski definition) is 2. The molecule has 0 aliphatic heterocycles. The Labute approximate surface area is 161 Å². The molecule has 6 heteroatoms. The summed E-state index contributed by atoms with van der Waals surface area (Å²) in [7, 11) is 1.81. The third-order valence-electron chi connectivity index (χ3n) is 3.83. The highest BCUT2D eigenvalue weighted by Crippen LogP contribution is 2.41. The van der Waals surface area contributed by atoms with E-state index in [2.05, 4.69) is 27.8 Å². The molecular weight excluding hydrogens is 425 g/mol. The van der Waals surface area contributed by atoms with Crippen LogP contribution in [-0.4, -0.2) is 38.8 Å². The van der Waals surface area contributed by atoms with Crippen molar-refractivity contribution in [2.45, 2.75) is 38.1 Å². The molecule has 1 aromatic rings. The minimum atomic E-state index is 0. The first-order valence-corrected chi connectivity index (χ1v) is 8.42. The van der Waals surface area contributed by atoms with Crippen LogP contribution in [0.1, 0.15) is 37.7 Å². The highest BCUT2D eigenvalue weighted by atomic mass is 127. The van der Waals surface area contributed by atoms with Crippen molar-refractivity contribution in [2.24, 2.45) is 4.99 Å². The summed E-state index contributed by atoms with van der Waals surface area (Å²) in [6.07, 6.45) is 3.29. The first kappa shape index (κ1) is 20.5. The van der Waals surface area contributed by atoms with Gasteiger partial charge in [0.1, 0.15) is 0 Å². The van der Waals surface area contributed by atoms with E-state index < -0.39 is 0 Å². The molecule has 2 N–H and O–H groups in total. The third kappa shape index (κ3) is 7.27. The molecular formula is C17H27ClIN3O. The zero-order valence-corrected chi connectivity index (χ0v) is 16.9. The molecule has 130 valence electrons. The quantitative estimate of drug-likeness (QED) is 0.273. The minimum absolute atomic E-state index is 0. The van der Waals surface area contributed by atoms with Crippen LogP contribution in [0.15, 0.2) is 29.3 Å². The van der Waals surface area contributed by atoms with Crippen molar-refractivity contribution in [1.29, 1.82) is 0 Å². The normalized spacial score (nSPS) is 19.9. The van der Waals surface area contributed by atoms with Crippen LogP contribution in [0.5, 0.6) is 0 Å². The van der Waals surface area contributed by atoms with Gasteiger partial charge in [-0.25, -0.2) is 0 Å². The fourth-order valence-electron chi connectivity index (χ4n) is 2.51. The molecule has 0 radical (unpaired) electrons. The number of nitrogens with zero attached hydrogens (tertiary/aromatic N) is 1. The molecule has 1 saturated carbocycles. The minimum Gasteiger partial charge on any atom is -0.382 e. The Morgan fingerprint density at radius 3 is 2.91 bits per heavy atom. The Hall–Kier alpha value is -0.530. The number of rotatable bonds is 8. The van der Waals surface area contributed by atoms with Crippen LogP contribution in [0, 0.1) is 0 Å². The predicted octanol–water partition coefficient (Wildman–Crippen LogP) is 3.80. The van der Waals surface area contributed by atoms with E-state index in [1.165, 1.54) is 5.56 Å². The Morgan fingerprint density at radius 1 is 1.39 bits per heavy atom. The van der Waals surface area contributed by atoms with Crippen LogP contribution < -0.4 is 10.6 Å². The van der Waals surface area contributed by atoms with Gasteiger partial charge in [-0.3, -0.25) is 4.99 Å². The predicted molar refractivity (Wildman–Crippen MR) is 108 cm³/mol. The number of ether oxygens (including phenoxy) is 1. The van der Waals surface area contributed by atoms with E-state index in [1.807, 2.05) is 26.1 Å². The zero-order valence-electron chi connectivity index (χ0n) is 13.8. The van der Waals surface area contributed by atoms with Gasteiger partial charge in [0.05, 0.1) is 0 Å². The molecule has 2 unspecified atom stereocenters. The second-order valence-electron chi connectivity index (χ2n) is 5.55. The molecule has 4 nitrogen and oxygen atoms in total. The number of nitrogens with one attached hydrogen (secondary N) is 2. The van der Waals surface area contributed by atoms with Crippen molar-refractivity contribution in [2.75, 3.05) is 26.8 Å². The molecule has 0 amide bonds. The lowest BCUT2D eigenvalue weighted by atomic mass is 10.1. The second kappa shape index (κ2) is 11.1. The van der Waals surface area contributed by atoms with Gasteiger partial charge in [-0.2, -0.15) is 0 Å². The van der Waals surface area contributed by atoms with Gasteiger partial charge in [-0.15, -0.1) is 24.0 Å². The largest absolute Gasteiger partial charge is 0.382 e. The fraction of sp³-hybridized carbons (Fsp3) is 0.588. The number of guanidine groups is 1. The Morgan fingerprint density at radius 2 is 2.22 bits per heavy atom. The van der Waals surface area contributed by atoms with Crippen molar-refractivity contribution in [3.8, 4) is 0 Å². The number of benzene rings is 1. The maximum atomic E-state index is 6.05. The summed E-state index contributed by atoms with van der Waals surface area (Å²) >= 11 is 6.05. The van der Waals surface area contributed by atoms with E-state index in [9.17, 15) is 0 Å². The number of aliphatic imine (C=N–C) groups is 1. The van der Waals surface area contributed by atoms with Crippen LogP contribution in [0.4, 0.5) is 0 Å². The second-order valence-corrected chi connectivity index (χ2v) is 5.99. The summed E-state index contributed by atoms with van der Waals surface area (Å²) in [5, 5.41) is 7.64. The number of unbranched alkanes of at least 4 members (excludes halogenated alkanes) is 1. The zero-order chi connectivity index (χ0) is 15.8. The molecule has 0 saturated heterocycles. The van der Waals surface area contributed by atoms with Crippen LogP contribution in [0.25, 0.3) is 0 Å². The summed E-state index contributed by atoms with van der Waals surface area (Å²) in [5.41, 5.74) is 1.30. The lowest BCUT2D eigenvalue weighted by Crippen LogP contribution is -2.39. The van der Waals surface area contributed by atoms with Gasteiger partial charge in [0.15, 0.2) is 5.96 Å². The molecule has 0 spiro atoms. The summed E-state index contributed by atoms with van der Waals surface area (Å²) in [4.78, 5) is 4.28. The van der Waals surface area contributed by atoms with Gasteiger partial charge in [0, 0.05) is 43.8 Å². The molecule has 0 aromatic heterocycles. The van der Waals surface area contributed by atoms with Crippen molar-refractivity contribution in [3.63, 3.8) is 0 Å². The summed E-state index contributed by atoms with van der Waals surface area (Å²) in [6.45, 7) is 4.57. The first-order chi connectivity index (χ1) is 10.7. The van der Waals surface area contributed by atoms with Gasteiger partial charge >= 0.3 is 0 Å². The van der Waals surface area contributed by atoms with Crippen LogP contribution >= 0.6 is 35.6 Å². The van der Waals surface area contributed by atoms with E-state index in [0.717, 1.165) is 50.0 Å². The Balaban J connectivity index is 0.00000264. The Bertz CT molecular complexity index is 498. The molecule has 0 bridgehead atoms. The third-order valence-corrected chi connectivity index (χ3v) is 4.06. The highest BCUT2D eigenvalue weighted by molar-refractivity contribution is 14.0. The lowest BCUT2D eigenvalue weighted by Gasteiger charge is -2.12. The molecule has 23 heavy (non-hydrogen) atoms. The topological polar surface area (TPSA) is 45.6 Å². The van der Waals surface area contributed by atoms with E-state index >= 15 is 0 Å². The molecule has 2 atom stereocenters. The number of hydrogen-bond donors (Lipinski definition) is 2. The fourth-order valence-corrected chi connectivity index (χ4v) is 2.71. The molecule has 1 aliphatic rings. The average Bonchev–Trinajstić information content (AvgIpc) is 3.29. The lowest BCUT2D eigenvalue weighted by molar-refractivity contribution is 0.143. The number of halogens is 2. The maximum absolute atomic E-state index is 6.05. The molecule has 0 heterocycles. The highest BCUT2D eigenvalue weighted by Gasteiger charge is 2.39. The van der Waals surface area contributed by atoms with Crippen molar-refractivity contribution >= 4 is 41.5 Å². The maximum Gasteiger partial charge on any atom is 0.191 e. The van der Waals surface area contributed by atoms with E-state index in [0.29, 0.717) is 12.0 Å². The van der Waals surface area contributed by atoms with Gasteiger partial charge in [0.25, 0.3) is 0 Å². The van der Waals surface area contributed by atoms with Gasteiger partial charge in [0.2, 0.25) is 0 Å². The van der Waals surface area contributed by atoms with Gasteiger partial charge < -0.3 is 15.4 Å². The standard InChI is InChI=1S/C17H26ClN3O.HI/c1-3-22-10-5-4-9-20-17(19-2)21-16-12-15(16)13-7-6-8-14(18)11-13;/h6-8,11,15-16H,3-5,9-10,12H2,1-2H3,(H2,19,20,21);1H. The summed E-state index contributed by atoms with van der Waals surface area (Å²) in [5.74, 6) is 1.42. The molecule has 2 rings (SSSR count). The van der Waals surface area contributed by atoms with Crippen molar-refractivity contribution in [1.82, 2.24) is 10.6 Å². The van der Waals surface area contributed by atoms with E-state index in [1.54, 1.807) is 0 Å². The van der Waals surface area contributed by atoms with Gasteiger partial charge in [-0.05, 0) is 43.9 Å². The smallest absolute Gasteiger partial charge is 0.191 e. The van der Waals surface area contributed by atoms with Crippen molar-refractivity contribution in [3.05, 3.63) is 34.9 Å². The average molecular weight is 452 g/mol. The van der Waals surface area contributed by atoms with E-state index in [4.69, 9.17) is 16.3 Å². The summed E-state index contributed by atoms with van der Waals surface area (Å²) in [6, 6.07) is 8.57. The van der Waals surface area contributed by atoms with Gasteiger partial charge in [-0.1, -0.05) is 23.7 Å². The molecule has 1 aromatic carbocycles. The van der Waals surface area contributed by atoms with Crippen LogP contribution in [-0.2, 0) is 4.74 Å². The van der Waals surface area contributed by atoms with Crippen LogP contribution in [0.3, 0.4) is 0 Å². The van der Waals surface area contributed by atoms with Crippen molar-refractivity contribution < 1.29 is 4.74 Å². The summed E-state index contributed by atoms with van der Waals surface area (Å²) < 4.78 is 5.33. The van der Waals surface area contributed by atoms with Crippen LogP contribution in [0.2, 0.25) is 5.02 Å². The molecule has 1 aliphatic carbocycles. The SMILES string of the molecule is CCOCCCCNC(=NC)NC1CC1c1cccc(Cl)c1.I.